The van der Waals surface area contributed by atoms with E-state index in [2.05, 4.69) is 17.3 Å². The molecular formula is C9H18O4SSe. The van der Waals surface area contributed by atoms with Gasteiger partial charge in [0.05, 0.1) is 6.61 Å². The Morgan fingerprint density at radius 3 is 2.00 bits per heavy atom. The van der Waals surface area contributed by atoms with Crippen LogP contribution < -0.4 is 0 Å². The Kier molecular flexibility index (Phi) is 13.7. The fourth-order valence-electron chi connectivity index (χ4n) is 0.423. The van der Waals surface area contributed by atoms with Crippen molar-refractivity contribution in [3.63, 3.8) is 0 Å². The first-order valence-electron chi connectivity index (χ1n) is 4.39. The van der Waals surface area contributed by atoms with Crippen LogP contribution in [0.2, 0.25) is 10.6 Å². The molecule has 0 rings (SSSR count). The van der Waals surface area contributed by atoms with Crippen LogP contribution in [0.4, 0.5) is 0 Å². The van der Waals surface area contributed by atoms with E-state index in [0.29, 0.717) is 6.42 Å². The molecule has 0 heterocycles. The largest absolute Gasteiger partial charge is 0.397 e. The molecule has 4 nitrogen and oxygen atoms in total. The van der Waals surface area contributed by atoms with Crippen molar-refractivity contribution < 1.29 is 17.2 Å². The molecule has 0 amide bonds. The zero-order chi connectivity index (χ0) is 12.2. The van der Waals surface area contributed by atoms with Crippen LogP contribution in [0.25, 0.3) is 0 Å². The maximum Gasteiger partial charge on any atom is 0.397 e. The summed E-state index contributed by atoms with van der Waals surface area (Å²) in [5.74, 6) is 0. The molecule has 0 aliphatic rings. The van der Waals surface area contributed by atoms with Crippen LogP contribution >= 0.6 is 0 Å². The van der Waals surface area contributed by atoms with E-state index in [9.17, 15) is 8.42 Å². The van der Waals surface area contributed by atoms with Gasteiger partial charge in [-0.1, -0.05) is 6.92 Å². The fraction of sp³-hybridized carbons (Fsp3) is 0.556. The first kappa shape index (κ1) is 17.3. The van der Waals surface area contributed by atoms with E-state index in [1.54, 1.807) is 6.92 Å². The molecule has 0 aliphatic heterocycles. The Bertz CT molecular complexity index is 241. The molecule has 0 unspecified atom stereocenters. The van der Waals surface area contributed by atoms with Gasteiger partial charge in [-0.25, -0.2) is 4.18 Å². The van der Waals surface area contributed by atoms with E-state index in [4.69, 9.17) is 4.55 Å². The summed E-state index contributed by atoms with van der Waals surface area (Å²) in [6.07, 6.45) is 4.49. The van der Waals surface area contributed by atoms with Crippen molar-refractivity contribution in [1.29, 1.82) is 0 Å². The molecule has 0 atom stereocenters. The summed E-state index contributed by atoms with van der Waals surface area (Å²) >= 11 is 0.740. The van der Waals surface area contributed by atoms with Crippen LogP contribution in [0.15, 0.2) is 25.3 Å². The fourth-order valence-corrected chi connectivity index (χ4v) is 1.79. The quantitative estimate of drug-likeness (QED) is 0.338. The van der Waals surface area contributed by atoms with Gasteiger partial charge in [0, 0.05) is 0 Å². The van der Waals surface area contributed by atoms with Gasteiger partial charge < -0.3 is 0 Å². The van der Waals surface area contributed by atoms with Gasteiger partial charge in [-0.05, 0) is 6.42 Å². The van der Waals surface area contributed by atoms with Gasteiger partial charge in [-0.15, -0.1) is 0 Å². The Hall–Kier alpha value is -0.131. The van der Waals surface area contributed by atoms with Gasteiger partial charge in [0.2, 0.25) is 0 Å². The van der Waals surface area contributed by atoms with Crippen LogP contribution in [0.1, 0.15) is 13.3 Å². The van der Waals surface area contributed by atoms with Gasteiger partial charge in [0.1, 0.15) is 0 Å². The minimum atomic E-state index is -4.19. The smallest absolute Gasteiger partial charge is 0.264 e. The number of rotatable bonds is 7. The molecule has 1 N–H and O–H groups in total. The maximum atomic E-state index is 9.72. The van der Waals surface area contributed by atoms with E-state index >= 15 is 0 Å². The van der Waals surface area contributed by atoms with E-state index in [1.807, 2.05) is 12.2 Å². The Labute approximate surface area is 98.5 Å². The third kappa shape index (κ3) is 24.8. The zero-order valence-corrected chi connectivity index (χ0v) is 11.4. The SMILES string of the molecule is C=CC[Se]CC=C.CCCOS(=O)(=O)O. The molecule has 0 spiro atoms. The summed E-state index contributed by atoms with van der Waals surface area (Å²) in [5, 5.41) is 2.36. The second kappa shape index (κ2) is 11.9. The Balaban J connectivity index is 0. The number of hydrogen-bond donors (Lipinski definition) is 1. The average Bonchev–Trinajstić information content (AvgIpc) is 2.16. The van der Waals surface area contributed by atoms with Gasteiger partial charge in [0.25, 0.3) is 0 Å². The van der Waals surface area contributed by atoms with Crippen molar-refractivity contribution in [3.8, 4) is 0 Å². The predicted octanol–water partition coefficient (Wildman–Crippen LogP) is 2.11. The molecule has 0 aromatic carbocycles. The predicted molar refractivity (Wildman–Crippen MR) is 63.6 cm³/mol. The van der Waals surface area contributed by atoms with Crippen molar-refractivity contribution in [1.82, 2.24) is 0 Å². The minimum Gasteiger partial charge on any atom is -0.264 e. The molecule has 0 radical (unpaired) electrons. The average molecular weight is 301 g/mol. The van der Waals surface area contributed by atoms with Gasteiger partial charge in [-0.2, -0.15) is 8.42 Å². The molecular weight excluding hydrogens is 283 g/mol. The van der Waals surface area contributed by atoms with Gasteiger partial charge >= 0.3 is 61.3 Å². The normalized spacial score (nSPS) is 10.0. The van der Waals surface area contributed by atoms with Crippen LogP contribution in [0.5, 0.6) is 0 Å². The van der Waals surface area contributed by atoms with Crippen LogP contribution in [0, 0.1) is 0 Å². The van der Waals surface area contributed by atoms with Crippen LogP contribution in [-0.2, 0) is 14.6 Å². The summed E-state index contributed by atoms with van der Waals surface area (Å²) in [6, 6.07) is 0. The number of hydrogen-bond acceptors (Lipinski definition) is 3. The van der Waals surface area contributed by atoms with Gasteiger partial charge in [0.15, 0.2) is 0 Å². The maximum absolute atomic E-state index is 9.72. The van der Waals surface area contributed by atoms with Crippen molar-refractivity contribution >= 4 is 25.4 Å². The third-order valence-corrected chi connectivity index (χ3v) is 3.35. The van der Waals surface area contributed by atoms with Crippen molar-refractivity contribution in [2.24, 2.45) is 0 Å². The monoisotopic (exact) mass is 302 g/mol. The molecule has 90 valence electrons. The Morgan fingerprint density at radius 2 is 1.80 bits per heavy atom. The first-order chi connectivity index (χ1) is 6.97. The number of allylic oxidation sites excluding steroid dienone is 2. The molecule has 0 aromatic heterocycles. The molecule has 0 saturated heterocycles. The minimum absolute atomic E-state index is 0.0405. The molecule has 0 aromatic rings. The summed E-state index contributed by atoms with van der Waals surface area (Å²) in [5.41, 5.74) is 0. The molecule has 15 heavy (non-hydrogen) atoms. The molecule has 0 bridgehead atoms. The van der Waals surface area contributed by atoms with Crippen molar-refractivity contribution in [3.05, 3.63) is 25.3 Å². The van der Waals surface area contributed by atoms with Crippen LogP contribution in [-0.4, -0.2) is 34.5 Å². The first-order valence-corrected chi connectivity index (χ1v) is 8.18. The van der Waals surface area contributed by atoms with E-state index in [1.165, 1.54) is 10.6 Å². The molecule has 6 heteroatoms. The Morgan fingerprint density at radius 1 is 1.33 bits per heavy atom. The third-order valence-electron chi connectivity index (χ3n) is 0.908. The van der Waals surface area contributed by atoms with Crippen LogP contribution in [0.3, 0.4) is 0 Å². The van der Waals surface area contributed by atoms with Gasteiger partial charge in [-0.3, -0.25) is 4.55 Å². The summed E-state index contributed by atoms with van der Waals surface area (Å²) in [6.45, 7) is 9.01. The standard InChI is InChI=1S/C6H10Se.C3H8O4S/c1-3-5-7-6-4-2;1-2-3-7-8(4,5)6/h3-4H,1-2,5-6H2;2-3H2,1H3,(H,4,5,6). The molecule has 0 fully saturated rings. The topological polar surface area (TPSA) is 63.6 Å². The zero-order valence-electron chi connectivity index (χ0n) is 8.89. The van der Waals surface area contributed by atoms with Crippen molar-refractivity contribution in [2.45, 2.75) is 24.0 Å². The summed E-state index contributed by atoms with van der Waals surface area (Å²) < 4.78 is 31.3. The molecule has 0 saturated carbocycles. The molecule has 0 aliphatic carbocycles. The second-order valence-electron chi connectivity index (χ2n) is 2.36. The second-order valence-corrected chi connectivity index (χ2v) is 5.71. The van der Waals surface area contributed by atoms with E-state index in [0.717, 1.165) is 15.0 Å². The summed E-state index contributed by atoms with van der Waals surface area (Å²) in [4.78, 5) is 0. The summed E-state index contributed by atoms with van der Waals surface area (Å²) in [7, 11) is -4.19. The van der Waals surface area contributed by atoms with Crippen molar-refractivity contribution in [2.75, 3.05) is 6.61 Å². The van der Waals surface area contributed by atoms with E-state index < -0.39 is 10.4 Å². The van der Waals surface area contributed by atoms with E-state index in [-0.39, 0.29) is 6.61 Å².